The van der Waals surface area contributed by atoms with Crippen LogP contribution in [0.5, 0.6) is 0 Å². The molecule has 0 aliphatic carbocycles. The van der Waals surface area contributed by atoms with Gasteiger partial charge in [0.25, 0.3) is 0 Å². The van der Waals surface area contributed by atoms with E-state index in [1.807, 2.05) is 19.1 Å². The first-order valence-corrected chi connectivity index (χ1v) is 6.31. The number of aliphatic hydroxyl groups excluding tert-OH is 1. The maximum Gasteiger partial charge on any atom is 0.237 e. The molecule has 1 aliphatic rings. The Kier molecular flexibility index (Phi) is 3.99. The van der Waals surface area contributed by atoms with Crippen molar-refractivity contribution in [2.75, 3.05) is 6.54 Å². The Bertz CT molecular complexity index is 445. The summed E-state index contributed by atoms with van der Waals surface area (Å²) in [7, 11) is 0. The summed E-state index contributed by atoms with van der Waals surface area (Å²) in [4.78, 5) is 11.9. The van der Waals surface area contributed by atoms with Crippen molar-refractivity contribution in [2.45, 2.75) is 39.0 Å². The van der Waals surface area contributed by atoms with Gasteiger partial charge in [0, 0.05) is 13.1 Å². The average molecular weight is 248 g/mol. The molecule has 0 aromatic heterocycles. The second-order valence-electron chi connectivity index (χ2n) is 5.00. The number of rotatable bonds is 3. The molecule has 98 valence electrons. The van der Waals surface area contributed by atoms with Crippen molar-refractivity contribution in [1.29, 1.82) is 0 Å². The van der Waals surface area contributed by atoms with Gasteiger partial charge in [0.1, 0.15) is 0 Å². The average Bonchev–Trinajstić information content (AvgIpc) is 2.74. The maximum absolute atomic E-state index is 11.9. The van der Waals surface area contributed by atoms with Gasteiger partial charge in [0.15, 0.2) is 0 Å². The number of amides is 1. The molecule has 1 aliphatic heterocycles. The number of nitrogens with one attached hydrogen (secondary N) is 2. The van der Waals surface area contributed by atoms with Crippen LogP contribution in [0.1, 0.15) is 23.1 Å². The minimum Gasteiger partial charge on any atom is -0.392 e. The number of benzene rings is 1. The fourth-order valence-corrected chi connectivity index (χ4v) is 2.27. The molecule has 1 amide bonds. The van der Waals surface area contributed by atoms with Crippen molar-refractivity contribution in [3.8, 4) is 0 Å². The van der Waals surface area contributed by atoms with Crippen LogP contribution >= 0.6 is 0 Å². The largest absolute Gasteiger partial charge is 0.392 e. The molecule has 0 saturated carbocycles. The highest BCUT2D eigenvalue weighted by Crippen LogP contribution is 2.11. The van der Waals surface area contributed by atoms with Crippen LogP contribution in [0.2, 0.25) is 0 Å². The molecule has 1 saturated heterocycles. The molecule has 1 aromatic rings. The quantitative estimate of drug-likeness (QED) is 0.736. The number of aliphatic hydroxyl groups is 1. The Labute approximate surface area is 107 Å². The minimum absolute atomic E-state index is 0.0356. The van der Waals surface area contributed by atoms with Crippen LogP contribution in [0.4, 0.5) is 0 Å². The summed E-state index contributed by atoms with van der Waals surface area (Å²) >= 11 is 0. The van der Waals surface area contributed by atoms with E-state index in [-0.39, 0.29) is 11.9 Å². The van der Waals surface area contributed by atoms with E-state index in [0.29, 0.717) is 19.5 Å². The SMILES string of the molecule is Cc1ccc(CNC(=O)[C@H]2C[C@H](O)CN2)c(C)c1. The molecule has 0 radical (unpaired) electrons. The van der Waals surface area contributed by atoms with Gasteiger partial charge < -0.3 is 15.7 Å². The van der Waals surface area contributed by atoms with Gasteiger partial charge >= 0.3 is 0 Å². The molecule has 4 nitrogen and oxygen atoms in total. The molecule has 1 heterocycles. The molecule has 18 heavy (non-hydrogen) atoms. The molecule has 2 rings (SSSR count). The lowest BCUT2D eigenvalue weighted by atomic mass is 10.1. The van der Waals surface area contributed by atoms with Gasteiger partial charge in [-0.15, -0.1) is 0 Å². The lowest BCUT2D eigenvalue weighted by Crippen LogP contribution is -2.40. The summed E-state index contributed by atoms with van der Waals surface area (Å²) in [5.41, 5.74) is 3.55. The van der Waals surface area contributed by atoms with E-state index >= 15 is 0 Å². The molecule has 4 heteroatoms. The molecule has 1 aromatic carbocycles. The van der Waals surface area contributed by atoms with Crippen molar-refractivity contribution in [3.05, 3.63) is 34.9 Å². The van der Waals surface area contributed by atoms with Crippen molar-refractivity contribution in [2.24, 2.45) is 0 Å². The highest BCUT2D eigenvalue weighted by atomic mass is 16.3. The number of carbonyl (C=O) groups is 1. The van der Waals surface area contributed by atoms with Gasteiger partial charge in [0.05, 0.1) is 12.1 Å². The van der Waals surface area contributed by atoms with Crippen molar-refractivity contribution >= 4 is 5.91 Å². The van der Waals surface area contributed by atoms with E-state index in [0.717, 1.165) is 5.56 Å². The summed E-state index contributed by atoms with van der Waals surface area (Å²) in [5, 5.41) is 15.3. The Balaban J connectivity index is 1.89. The van der Waals surface area contributed by atoms with E-state index in [1.54, 1.807) is 0 Å². The van der Waals surface area contributed by atoms with Crippen molar-refractivity contribution < 1.29 is 9.90 Å². The molecule has 3 N–H and O–H groups in total. The highest BCUT2D eigenvalue weighted by molar-refractivity contribution is 5.82. The molecule has 0 unspecified atom stereocenters. The van der Waals surface area contributed by atoms with Crippen LogP contribution < -0.4 is 10.6 Å². The first-order valence-electron chi connectivity index (χ1n) is 6.31. The predicted octanol–water partition coefficient (Wildman–Crippen LogP) is 0.642. The normalized spacial score (nSPS) is 23.1. The number of hydrogen-bond acceptors (Lipinski definition) is 3. The zero-order valence-corrected chi connectivity index (χ0v) is 10.9. The van der Waals surface area contributed by atoms with Gasteiger partial charge in [-0.2, -0.15) is 0 Å². The van der Waals surface area contributed by atoms with E-state index in [9.17, 15) is 9.90 Å². The molecular weight excluding hydrogens is 228 g/mol. The topological polar surface area (TPSA) is 61.4 Å². The Morgan fingerprint density at radius 3 is 2.89 bits per heavy atom. The molecular formula is C14H20N2O2. The number of aryl methyl sites for hydroxylation is 2. The monoisotopic (exact) mass is 248 g/mol. The van der Waals surface area contributed by atoms with Crippen LogP contribution in [0.3, 0.4) is 0 Å². The van der Waals surface area contributed by atoms with Gasteiger partial charge in [-0.3, -0.25) is 4.79 Å². The maximum atomic E-state index is 11.9. The zero-order chi connectivity index (χ0) is 13.1. The third-order valence-corrected chi connectivity index (χ3v) is 3.38. The lowest BCUT2D eigenvalue weighted by molar-refractivity contribution is -0.123. The molecule has 2 atom stereocenters. The summed E-state index contributed by atoms with van der Waals surface area (Å²) in [6.07, 6.45) is 0.0977. The molecule has 0 bridgehead atoms. The Hall–Kier alpha value is -1.39. The Morgan fingerprint density at radius 2 is 2.28 bits per heavy atom. The fraction of sp³-hybridized carbons (Fsp3) is 0.500. The van der Waals surface area contributed by atoms with Gasteiger partial charge in [0.2, 0.25) is 5.91 Å². The Morgan fingerprint density at radius 1 is 1.50 bits per heavy atom. The second kappa shape index (κ2) is 5.50. The summed E-state index contributed by atoms with van der Waals surface area (Å²) < 4.78 is 0. The predicted molar refractivity (Wildman–Crippen MR) is 70.2 cm³/mol. The lowest BCUT2D eigenvalue weighted by Gasteiger charge is -2.12. The van der Waals surface area contributed by atoms with Gasteiger partial charge in [-0.1, -0.05) is 23.8 Å². The van der Waals surface area contributed by atoms with Gasteiger partial charge in [-0.25, -0.2) is 0 Å². The van der Waals surface area contributed by atoms with E-state index in [4.69, 9.17) is 0 Å². The molecule has 1 fully saturated rings. The second-order valence-corrected chi connectivity index (χ2v) is 5.00. The molecule has 0 spiro atoms. The minimum atomic E-state index is -0.401. The summed E-state index contributed by atoms with van der Waals surface area (Å²) in [6, 6.07) is 5.94. The van der Waals surface area contributed by atoms with Crippen molar-refractivity contribution in [1.82, 2.24) is 10.6 Å². The number of hydrogen-bond donors (Lipinski definition) is 3. The van der Waals surface area contributed by atoms with Crippen LogP contribution in [-0.2, 0) is 11.3 Å². The third kappa shape index (κ3) is 3.09. The van der Waals surface area contributed by atoms with E-state index < -0.39 is 6.10 Å². The van der Waals surface area contributed by atoms with Gasteiger partial charge in [-0.05, 0) is 31.4 Å². The first kappa shape index (κ1) is 13.1. The summed E-state index contributed by atoms with van der Waals surface area (Å²) in [6.45, 7) is 5.14. The smallest absolute Gasteiger partial charge is 0.237 e. The van der Waals surface area contributed by atoms with Crippen LogP contribution in [0, 0.1) is 13.8 Å². The third-order valence-electron chi connectivity index (χ3n) is 3.38. The number of carbonyl (C=O) groups excluding carboxylic acids is 1. The van der Waals surface area contributed by atoms with Crippen LogP contribution in [0.15, 0.2) is 18.2 Å². The van der Waals surface area contributed by atoms with E-state index in [1.165, 1.54) is 11.1 Å². The van der Waals surface area contributed by atoms with Crippen molar-refractivity contribution in [3.63, 3.8) is 0 Å². The highest BCUT2D eigenvalue weighted by Gasteiger charge is 2.27. The number of β-amino-alcohol motifs (C(OH)–C–C–N with tert-alkyl or cyclic N) is 1. The first-order chi connectivity index (χ1) is 8.56. The zero-order valence-electron chi connectivity index (χ0n) is 10.9. The standard InChI is InChI=1S/C14H20N2O2/c1-9-3-4-11(10(2)5-9)7-16-14(18)13-6-12(17)8-15-13/h3-5,12-13,15,17H,6-8H2,1-2H3,(H,16,18)/t12-,13+/m0/s1. The summed E-state index contributed by atoms with van der Waals surface area (Å²) in [5.74, 6) is -0.0356. The fourth-order valence-electron chi connectivity index (χ4n) is 2.27. The van der Waals surface area contributed by atoms with Crippen LogP contribution in [0.25, 0.3) is 0 Å². The van der Waals surface area contributed by atoms with E-state index in [2.05, 4.69) is 23.6 Å². The van der Waals surface area contributed by atoms with Crippen LogP contribution in [-0.4, -0.2) is 29.7 Å².